The molecule has 1 amide bonds. The zero-order valence-corrected chi connectivity index (χ0v) is 12.1. The number of amides is 1. The van der Waals surface area contributed by atoms with E-state index < -0.39 is 12.1 Å². The van der Waals surface area contributed by atoms with Crippen LogP contribution in [0.15, 0.2) is 18.2 Å². The maximum atomic E-state index is 11.5. The van der Waals surface area contributed by atoms with Crippen LogP contribution in [0.25, 0.3) is 0 Å². The van der Waals surface area contributed by atoms with Crippen LogP contribution >= 0.6 is 0 Å². The third-order valence-corrected chi connectivity index (χ3v) is 3.79. The monoisotopic (exact) mass is 291 g/mol. The second-order valence-electron chi connectivity index (χ2n) is 5.77. The first-order valence-corrected chi connectivity index (χ1v) is 7.28. The van der Waals surface area contributed by atoms with Crippen molar-refractivity contribution in [2.24, 2.45) is 5.92 Å². The number of benzene rings is 1. The topological polar surface area (TPSA) is 86.6 Å². The third kappa shape index (κ3) is 4.29. The van der Waals surface area contributed by atoms with E-state index in [9.17, 15) is 14.7 Å². The summed E-state index contributed by atoms with van der Waals surface area (Å²) >= 11 is 0. The van der Waals surface area contributed by atoms with E-state index in [1.165, 1.54) is 0 Å². The molecule has 1 aliphatic rings. The molecule has 1 heterocycles. The van der Waals surface area contributed by atoms with Crippen molar-refractivity contribution in [1.82, 2.24) is 0 Å². The number of aliphatic carboxylic acids is 1. The molecule has 0 bridgehead atoms. The molecule has 5 heteroatoms. The van der Waals surface area contributed by atoms with E-state index in [-0.39, 0.29) is 18.2 Å². The van der Waals surface area contributed by atoms with Gasteiger partial charge in [0.25, 0.3) is 0 Å². The minimum absolute atomic E-state index is 0.0251. The van der Waals surface area contributed by atoms with Crippen LogP contribution in [0.2, 0.25) is 0 Å². The van der Waals surface area contributed by atoms with E-state index in [1.807, 2.05) is 19.1 Å². The van der Waals surface area contributed by atoms with E-state index in [4.69, 9.17) is 5.11 Å². The molecule has 1 aromatic rings. The molecule has 0 aromatic heterocycles. The highest BCUT2D eigenvalue weighted by atomic mass is 16.4. The number of hydrogen-bond donors (Lipinski definition) is 3. The normalized spacial score (nSPS) is 17.3. The molecule has 3 N–H and O–H groups in total. The lowest BCUT2D eigenvalue weighted by Gasteiger charge is -2.17. The van der Waals surface area contributed by atoms with E-state index in [0.29, 0.717) is 12.8 Å². The summed E-state index contributed by atoms with van der Waals surface area (Å²) in [5, 5.41) is 21.9. The number of anilines is 1. The third-order valence-electron chi connectivity index (χ3n) is 3.79. The van der Waals surface area contributed by atoms with Gasteiger partial charge in [-0.25, -0.2) is 0 Å². The predicted molar refractivity (Wildman–Crippen MR) is 79.0 cm³/mol. The molecule has 0 spiro atoms. The van der Waals surface area contributed by atoms with Gasteiger partial charge in [0.05, 0.1) is 6.10 Å². The fraction of sp³-hybridized carbons (Fsp3) is 0.500. The first kappa shape index (κ1) is 15.5. The first-order valence-electron chi connectivity index (χ1n) is 7.28. The number of nitrogens with one attached hydrogen (secondary N) is 1. The highest BCUT2D eigenvalue weighted by Crippen LogP contribution is 2.29. The molecule has 5 nitrogen and oxygen atoms in total. The fourth-order valence-corrected chi connectivity index (χ4v) is 2.70. The number of fused-ring (bicyclic) bond motifs is 1. The zero-order chi connectivity index (χ0) is 15.4. The standard InChI is InChI=1S/C16H21NO4/c1-10(8-16(20)21)7-14(18)12-5-6-13-11(9-12)3-2-4-15(19)17-13/h5-6,9-10,14,18H,2-4,7-8H2,1H3,(H,17,19)(H,20,21). The Balaban J connectivity index is 2.08. The van der Waals surface area contributed by atoms with E-state index in [0.717, 1.165) is 29.7 Å². The molecular formula is C16H21NO4. The number of rotatable bonds is 5. The van der Waals surface area contributed by atoms with Crippen LogP contribution in [0.4, 0.5) is 5.69 Å². The van der Waals surface area contributed by atoms with Gasteiger partial charge in [0.15, 0.2) is 0 Å². The number of carbonyl (C=O) groups is 2. The SMILES string of the molecule is CC(CC(=O)O)CC(O)c1ccc2c(c1)CCCC(=O)N2. The molecule has 21 heavy (non-hydrogen) atoms. The Bertz CT molecular complexity index is 541. The van der Waals surface area contributed by atoms with Crippen LogP contribution in [-0.4, -0.2) is 22.1 Å². The minimum atomic E-state index is -0.848. The smallest absolute Gasteiger partial charge is 0.303 e. The van der Waals surface area contributed by atoms with Crippen molar-refractivity contribution in [3.8, 4) is 0 Å². The molecule has 0 radical (unpaired) electrons. The number of aliphatic hydroxyl groups is 1. The van der Waals surface area contributed by atoms with Gasteiger partial charge in [-0.2, -0.15) is 0 Å². The molecular weight excluding hydrogens is 270 g/mol. The molecule has 1 aromatic carbocycles. The maximum Gasteiger partial charge on any atom is 0.303 e. The van der Waals surface area contributed by atoms with Gasteiger partial charge in [0.2, 0.25) is 5.91 Å². The number of aliphatic hydroxyl groups excluding tert-OH is 1. The minimum Gasteiger partial charge on any atom is -0.481 e. The molecule has 2 rings (SSSR count). The van der Waals surface area contributed by atoms with Gasteiger partial charge in [-0.3, -0.25) is 9.59 Å². The lowest BCUT2D eigenvalue weighted by atomic mass is 9.94. The van der Waals surface area contributed by atoms with Crippen molar-refractivity contribution in [3.05, 3.63) is 29.3 Å². The second-order valence-corrected chi connectivity index (χ2v) is 5.77. The summed E-state index contributed by atoms with van der Waals surface area (Å²) in [5.41, 5.74) is 2.62. The van der Waals surface area contributed by atoms with Crippen LogP contribution in [0.1, 0.15) is 49.8 Å². The van der Waals surface area contributed by atoms with Crippen LogP contribution in [0.3, 0.4) is 0 Å². The van der Waals surface area contributed by atoms with Gasteiger partial charge in [0.1, 0.15) is 0 Å². The summed E-state index contributed by atoms with van der Waals surface area (Å²) in [5.74, 6) is -0.910. The first-order chi connectivity index (χ1) is 9.95. The molecule has 1 aliphatic heterocycles. The van der Waals surface area contributed by atoms with E-state index >= 15 is 0 Å². The van der Waals surface area contributed by atoms with Crippen LogP contribution in [-0.2, 0) is 16.0 Å². The Morgan fingerprint density at radius 3 is 2.86 bits per heavy atom. The van der Waals surface area contributed by atoms with Crippen molar-refractivity contribution >= 4 is 17.6 Å². The molecule has 0 saturated carbocycles. The van der Waals surface area contributed by atoms with Gasteiger partial charge in [-0.15, -0.1) is 0 Å². The molecule has 114 valence electrons. The molecule has 0 fully saturated rings. The Kier molecular flexibility index (Phi) is 4.96. The van der Waals surface area contributed by atoms with E-state index in [1.54, 1.807) is 6.07 Å². The summed E-state index contributed by atoms with van der Waals surface area (Å²) in [7, 11) is 0. The van der Waals surface area contributed by atoms with Gasteiger partial charge in [0, 0.05) is 18.5 Å². The molecule has 2 unspecified atom stereocenters. The van der Waals surface area contributed by atoms with Crippen molar-refractivity contribution in [2.45, 2.75) is 45.1 Å². The maximum absolute atomic E-state index is 11.5. The summed E-state index contributed by atoms with van der Waals surface area (Å²) in [6.07, 6.45) is 1.91. The molecule has 0 saturated heterocycles. The predicted octanol–water partition coefficient (Wildman–Crippen LogP) is 2.50. The fourth-order valence-electron chi connectivity index (χ4n) is 2.70. The van der Waals surface area contributed by atoms with Gasteiger partial charge < -0.3 is 15.5 Å². The summed E-state index contributed by atoms with van der Waals surface area (Å²) in [6.45, 7) is 1.82. The average molecular weight is 291 g/mol. The second kappa shape index (κ2) is 6.72. The van der Waals surface area contributed by atoms with Crippen molar-refractivity contribution in [1.29, 1.82) is 0 Å². The highest BCUT2D eigenvalue weighted by Gasteiger charge is 2.18. The highest BCUT2D eigenvalue weighted by molar-refractivity contribution is 5.92. The summed E-state index contributed by atoms with van der Waals surface area (Å²) in [6, 6.07) is 5.53. The summed E-state index contributed by atoms with van der Waals surface area (Å²) < 4.78 is 0. The van der Waals surface area contributed by atoms with Crippen LogP contribution in [0, 0.1) is 5.92 Å². The summed E-state index contributed by atoms with van der Waals surface area (Å²) in [4.78, 5) is 22.2. The largest absolute Gasteiger partial charge is 0.481 e. The van der Waals surface area contributed by atoms with Crippen LogP contribution in [0.5, 0.6) is 0 Å². The van der Waals surface area contributed by atoms with Gasteiger partial charge in [-0.05, 0) is 42.4 Å². The van der Waals surface area contributed by atoms with Crippen molar-refractivity contribution in [2.75, 3.05) is 5.32 Å². The Morgan fingerprint density at radius 2 is 2.14 bits per heavy atom. The average Bonchev–Trinajstić information content (AvgIpc) is 2.57. The van der Waals surface area contributed by atoms with Crippen LogP contribution < -0.4 is 5.32 Å². The lowest BCUT2D eigenvalue weighted by molar-refractivity contribution is -0.138. The van der Waals surface area contributed by atoms with Crippen molar-refractivity contribution in [3.63, 3.8) is 0 Å². The molecule has 0 aliphatic carbocycles. The number of hydrogen-bond acceptors (Lipinski definition) is 3. The quantitative estimate of drug-likeness (QED) is 0.778. The Labute approximate surface area is 124 Å². The molecule has 2 atom stereocenters. The zero-order valence-electron chi connectivity index (χ0n) is 12.1. The van der Waals surface area contributed by atoms with Gasteiger partial charge >= 0.3 is 5.97 Å². The number of carbonyl (C=O) groups excluding carboxylic acids is 1. The lowest BCUT2D eigenvalue weighted by Crippen LogP contribution is -2.11. The van der Waals surface area contributed by atoms with Gasteiger partial charge in [-0.1, -0.05) is 19.1 Å². The Hall–Kier alpha value is -1.88. The van der Waals surface area contributed by atoms with Crippen molar-refractivity contribution < 1.29 is 19.8 Å². The number of carboxylic acid groups (broad SMARTS) is 1. The van der Waals surface area contributed by atoms with E-state index in [2.05, 4.69) is 5.32 Å². The number of aryl methyl sites for hydroxylation is 1. The Morgan fingerprint density at radius 1 is 1.38 bits per heavy atom. The number of carboxylic acids is 1.